The van der Waals surface area contributed by atoms with E-state index in [0.717, 1.165) is 18.5 Å². The van der Waals surface area contributed by atoms with Crippen molar-refractivity contribution in [2.75, 3.05) is 11.9 Å². The lowest BCUT2D eigenvalue weighted by atomic mass is 10.1. The van der Waals surface area contributed by atoms with Gasteiger partial charge in [0.2, 0.25) is 0 Å². The number of anilines is 1. The molecule has 0 aliphatic heterocycles. The van der Waals surface area contributed by atoms with Crippen LogP contribution >= 0.6 is 11.6 Å². The zero-order valence-corrected chi connectivity index (χ0v) is 10.1. The lowest BCUT2D eigenvalue weighted by molar-refractivity contribution is 0.648. The summed E-state index contributed by atoms with van der Waals surface area (Å²) in [6, 6.07) is 7.57. The monoisotopic (exact) mass is 237 g/mol. The van der Waals surface area contributed by atoms with Crippen LogP contribution in [0.15, 0.2) is 18.2 Å². The van der Waals surface area contributed by atoms with E-state index < -0.39 is 0 Å². The first kappa shape index (κ1) is 12.8. The zero-order valence-electron chi connectivity index (χ0n) is 9.33. The quantitative estimate of drug-likeness (QED) is 0.828. The molecule has 0 radical (unpaired) electrons. The highest BCUT2D eigenvalue weighted by molar-refractivity contribution is 6.30. The maximum absolute atomic E-state index is 8.98. The Morgan fingerprint density at radius 1 is 1.56 bits per heavy atom. The maximum Gasteiger partial charge on any atom is 0.101 e. The van der Waals surface area contributed by atoms with Crippen LogP contribution in [0.3, 0.4) is 0 Å². The van der Waals surface area contributed by atoms with Crippen LogP contribution in [0.1, 0.15) is 25.3 Å². The summed E-state index contributed by atoms with van der Waals surface area (Å²) in [6.45, 7) is 2.67. The van der Waals surface area contributed by atoms with Crippen LogP contribution in [-0.4, -0.2) is 12.6 Å². The summed E-state index contributed by atoms with van der Waals surface area (Å²) in [5, 5.41) is 12.8. The van der Waals surface area contributed by atoms with Crippen molar-refractivity contribution in [2.24, 2.45) is 5.73 Å². The van der Waals surface area contributed by atoms with E-state index in [9.17, 15) is 0 Å². The van der Waals surface area contributed by atoms with Crippen LogP contribution in [0, 0.1) is 11.3 Å². The minimum absolute atomic E-state index is 0.207. The number of hydrogen-bond acceptors (Lipinski definition) is 3. The molecule has 0 bridgehead atoms. The third-order valence-corrected chi connectivity index (χ3v) is 2.62. The second-order valence-corrected chi connectivity index (χ2v) is 4.10. The molecule has 0 saturated heterocycles. The summed E-state index contributed by atoms with van der Waals surface area (Å²) < 4.78 is 0. The molecule has 1 rings (SSSR count). The van der Waals surface area contributed by atoms with Crippen molar-refractivity contribution in [2.45, 2.75) is 25.8 Å². The van der Waals surface area contributed by atoms with Crippen LogP contribution < -0.4 is 11.1 Å². The lowest BCUT2D eigenvalue weighted by Gasteiger charge is -2.18. The standard InChI is InChI=1S/C12H16ClN3/c1-2-3-11(8-15)16-12-5-4-10(13)6-9(12)7-14/h4-6,11,16H,2-3,8,15H2,1H3. The first-order chi connectivity index (χ1) is 7.71. The summed E-state index contributed by atoms with van der Waals surface area (Å²) in [5.41, 5.74) is 7.02. The fraction of sp³-hybridized carbons (Fsp3) is 0.417. The molecule has 3 N–H and O–H groups in total. The van der Waals surface area contributed by atoms with Gasteiger partial charge in [-0.2, -0.15) is 5.26 Å². The molecule has 0 amide bonds. The number of nitrogens with zero attached hydrogens (tertiary/aromatic N) is 1. The Labute approximate surface area is 101 Å². The molecule has 0 spiro atoms. The van der Waals surface area contributed by atoms with Gasteiger partial charge in [-0.25, -0.2) is 0 Å². The lowest BCUT2D eigenvalue weighted by Crippen LogP contribution is -2.28. The summed E-state index contributed by atoms with van der Waals surface area (Å²) in [6.07, 6.45) is 2.05. The molecule has 86 valence electrons. The minimum atomic E-state index is 0.207. The second kappa shape index (κ2) is 6.37. The molecule has 0 saturated carbocycles. The topological polar surface area (TPSA) is 61.8 Å². The normalized spacial score (nSPS) is 11.9. The number of nitrogens with two attached hydrogens (primary N) is 1. The summed E-state index contributed by atoms with van der Waals surface area (Å²) in [5.74, 6) is 0. The summed E-state index contributed by atoms with van der Waals surface area (Å²) >= 11 is 5.82. The predicted octanol–water partition coefficient (Wildman–Crippen LogP) is 2.75. The van der Waals surface area contributed by atoms with E-state index in [-0.39, 0.29) is 6.04 Å². The van der Waals surface area contributed by atoms with Gasteiger partial charge in [0.05, 0.1) is 11.3 Å². The minimum Gasteiger partial charge on any atom is -0.380 e. The van der Waals surface area contributed by atoms with Gasteiger partial charge in [-0.05, 0) is 24.6 Å². The van der Waals surface area contributed by atoms with Crippen LogP contribution in [0.5, 0.6) is 0 Å². The Bertz CT molecular complexity index is 384. The van der Waals surface area contributed by atoms with E-state index >= 15 is 0 Å². The van der Waals surface area contributed by atoms with Crippen molar-refractivity contribution >= 4 is 17.3 Å². The van der Waals surface area contributed by atoms with E-state index in [0.29, 0.717) is 17.1 Å². The molecule has 16 heavy (non-hydrogen) atoms. The number of benzene rings is 1. The largest absolute Gasteiger partial charge is 0.380 e. The van der Waals surface area contributed by atoms with Crippen molar-refractivity contribution in [3.8, 4) is 6.07 Å². The Morgan fingerprint density at radius 2 is 2.31 bits per heavy atom. The van der Waals surface area contributed by atoms with Crippen molar-refractivity contribution in [3.63, 3.8) is 0 Å². The van der Waals surface area contributed by atoms with E-state index in [1.807, 2.05) is 6.07 Å². The Balaban J connectivity index is 2.83. The number of rotatable bonds is 5. The van der Waals surface area contributed by atoms with E-state index in [1.165, 1.54) is 0 Å². The van der Waals surface area contributed by atoms with Gasteiger partial charge in [0, 0.05) is 17.6 Å². The molecule has 4 heteroatoms. The van der Waals surface area contributed by atoms with Gasteiger partial charge in [-0.1, -0.05) is 24.9 Å². The van der Waals surface area contributed by atoms with Gasteiger partial charge in [0.1, 0.15) is 6.07 Å². The Kier molecular flexibility index (Phi) is 5.10. The van der Waals surface area contributed by atoms with Gasteiger partial charge in [0.25, 0.3) is 0 Å². The number of hydrogen-bond donors (Lipinski definition) is 2. The van der Waals surface area contributed by atoms with Crippen molar-refractivity contribution in [1.82, 2.24) is 0 Å². The van der Waals surface area contributed by atoms with Crippen LogP contribution in [0.25, 0.3) is 0 Å². The molecule has 1 atom stereocenters. The highest BCUT2D eigenvalue weighted by Gasteiger charge is 2.08. The fourth-order valence-electron chi connectivity index (χ4n) is 1.55. The van der Waals surface area contributed by atoms with E-state index in [1.54, 1.807) is 12.1 Å². The SMILES string of the molecule is CCCC(CN)Nc1ccc(Cl)cc1C#N. The van der Waals surface area contributed by atoms with Crippen molar-refractivity contribution < 1.29 is 0 Å². The van der Waals surface area contributed by atoms with E-state index in [2.05, 4.69) is 18.3 Å². The second-order valence-electron chi connectivity index (χ2n) is 3.67. The highest BCUT2D eigenvalue weighted by Crippen LogP contribution is 2.21. The fourth-order valence-corrected chi connectivity index (χ4v) is 1.72. The highest BCUT2D eigenvalue weighted by atomic mass is 35.5. The number of halogens is 1. The zero-order chi connectivity index (χ0) is 12.0. The van der Waals surface area contributed by atoms with Crippen LogP contribution in [0.2, 0.25) is 5.02 Å². The number of nitrogens with one attached hydrogen (secondary N) is 1. The van der Waals surface area contributed by atoms with Gasteiger partial charge in [-0.15, -0.1) is 0 Å². The molecule has 0 aliphatic rings. The maximum atomic E-state index is 8.98. The summed E-state index contributed by atoms with van der Waals surface area (Å²) in [4.78, 5) is 0. The molecule has 0 fully saturated rings. The molecular formula is C12H16ClN3. The molecular weight excluding hydrogens is 222 g/mol. The van der Waals surface area contributed by atoms with Crippen LogP contribution in [0.4, 0.5) is 5.69 Å². The average molecular weight is 238 g/mol. The third-order valence-electron chi connectivity index (χ3n) is 2.38. The molecule has 3 nitrogen and oxygen atoms in total. The third kappa shape index (κ3) is 3.41. The van der Waals surface area contributed by atoms with Gasteiger partial charge in [0.15, 0.2) is 0 Å². The van der Waals surface area contributed by atoms with Crippen molar-refractivity contribution in [1.29, 1.82) is 5.26 Å². The Hall–Kier alpha value is -1.24. The summed E-state index contributed by atoms with van der Waals surface area (Å²) in [7, 11) is 0. The molecule has 0 aliphatic carbocycles. The first-order valence-electron chi connectivity index (χ1n) is 5.37. The smallest absolute Gasteiger partial charge is 0.101 e. The molecule has 0 aromatic heterocycles. The molecule has 1 unspecified atom stereocenters. The molecule has 1 aromatic rings. The van der Waals surface area contributed by atoms with Gasteiger partial charge >= 0.3 is 0 Å². The number of nitriles is 1. The Morgan fingerprint density at radius 3 is 2.88 bits per heavy atom. The first-order valence-corrected chi connectivity index (χ1v) is 5.75. The van der Waals surface area contributed by atoms with Gasteiger partial charge in [-0.3, -0.25) is 0 Å². The van der Waals surface area contributed by atoms with E-state index in [4.69, 9.17) is 22.6 Å². The predicted molar refractivity (Wildman–Crippen MR) is 67.5 cm³/mol. The van der Waals surface area contributed by atoms with Crippen LogP contribution in [-0.2, 0) is 0 Å². The molecule has 1 aromatic carbocycles. The average Bonchev–Trinajstić information content (AvgIpc) is 2.30. The molecule has 0 heterocycles. The van der Waals surface area contributed by atoms with Crippen molar-refractivity contribution in [3.05, 3.63) is 28.8 Å². The van der Waals surface area contributed by atoms with Gasteiger partial charge < -0.3 is 11.1 Å².